The fourth-order valence-corrected chi connectivity index (χ4v) is 0.919. The molecule has 0 heterocycles. The highest BCUT2D eigenvalue weighted by atomic mass is 16.1. The smallest absolute Gasteiger partial charge is 0.221 e. The Morgan fingerprint density at radius 1 is 1.50 bits per heavy atom. The number of unbranched alkanes of at least 4 members (excludes halogenated alkanes) is 2. The van der Waals surface area contributed by atoms with Gasteiger partial charge in [0, 0.05) is 12.5 Å². The summed E-state index contributed by atoms with van der Waals surface area (Å²) in [5, 5.41) is 3.20. The minimum atomic E-state index is -0.224. The Morgan fingerprint density at radius 3 is 2.67 bits per heavy atom. The molecule has 3 heteroatoms. The Balaban J connectivity index is 3.14. The Hall–Kier alpha value is -0.570. The van der Waals surface area contributed by atoms with Crippen LogP contribution in [0.1, 0.15) is 33.1 Å². The van der Waals surface area contributed by atoms with Crippen LogP contribution >= 0.6 is 0 Å². The van der Waals surface area contributed by atoms with E-state index in [1.165, 1.54) is 19.3 Å². The fraction of sp³-hybridized carbons (Fsp3) is 0.889. The zero-order valence-corrected chi connectivity index (χ0v) is 8.10. The maximum Gasteiger partial charge on any atom is 0.221 e. The van der Waals surface area contributed by atoms with E-state index in [9.17, 15) is 4.79 Å². The third-order valence-electron chi connectivity index (χ3n) is 1.89. The van der Waals surface area contributed by atoms with Crippen LogP contribution in [0.5, 0.6) is 0 Å². The minimum absolute atomic E-state index is 0.0494. The molecule has 0 aromatic carbocycles. The summed E-state index contributed by atoms with van der Waals surface area (Å²) in [6.45, 7) is 5.71. The van der Waals surface area contributed by atoms with Crippen LogP contribution in [-0.4, -0.2) is 19.0 Å². The molecule has 3 N–H and O–H groups in total. The molecule has 0 aliphatic carbocycles. The summed E-state index contributed by atoms with van der Waals surface area (Å²) in [6, 6.07) is 0. The number of hydrogen-bond acceptors (Lipinski definition) is 2. The molecular formula is C9H20N2O. The summed E-state index contributed by atoms with van der Waals surface area (Å²) >= 11 is 0. The number of carbonyl (C=O) groups excluding carboxylic acids is 1. The maximum atomic E-state index is 10.6. The van der Waals surface area contributed by atoms with Crippen molar-refractivity contribution in [1.82, 2.24) is 5.32 Å². The number of nitrogens with two attached hydrogens (primary N) is 1. The molecule has 12 heavy (non-hydrogen) atoms. The molecule has 0 spiro atoms. The molecule has 0 saturated heterocycles. The van der Waals surface area contributed by atoms with Crippen LogP contribution in [0, 0.1) is 5.92 Å². The fourth-order valence-electron chi connectivity index (χ4n) is 0.919. The monoisotopic (exact) mass is 172 g/mol. The second-order valence-corrected chi connectivity index (χ2v) is 3.21. The predicted molar refractivity (Wildman–Crippen MR) is 50.8 cm³/mol. The minimum Gasteiger partial charge on any atom is -0.369 e. The van der Waals surface area contributed by atoms with Gasteiger partial charge in [-0.05, 0) is 13.0 Å². The van der Waals surface area contributed by atoms with E-state index in [0.717, 1.165) is 6.54 Å². The number of primary amides is 1. The van der Waals surface area contributed by atoms with Crippen LogP contribution in [0.2, 0.25) is 0 Å². The van der Waals surface area contributed by atoms with E-state index in [2.05, 4.69) is 12.2 Å². The van der Waals surface area contributed by atoms with Crippen LogP contribution in [0.25, 0.3) is 0 Å². The number of amides is 1. The largest absolute Gasteiger partial charge is 0.369 e. The van der Waals surface area contributed by atoms with Crippen LogP contribution in [0.3, 0.4) is 0 Å². The maximum absolute atomic E-state index is 10.6. The van der Waals surface area contributed by atoms with Crippen molar-refractivity contribution in [2.24, 2.45) is 11.7 Å². The lowest BCUT2D eigenvalue weighted by molar-refractivity contribution is -0.121. The molecular weight excluding hydrogens is 152 g/mol. The molecule has 0 rings (SSSR count). The lowest BCUT2D eigenvalue weighted by Crippen LogP contribution is -2.31. The first kappa shape index (κ1) is 11.4. The molecule has 72 valence electrons. The number of hydrogen-bond donors (Lipinski definition) is 2. The van der Waals surface area contributed by atoms with Crippen molar-refractivity contribution in [3.05, 3.63) is 0 Å². The summed E-state index contributed by atoms with van der Waals surface area (Å²) in [6.07, 6.45) is 3.66. The van der Waals surface area contributed by atoms with Gasteiger partial charge in [-0.15, -0.1) is 0 Å². The van der Waals surface area contributed by atoms with Gasteiger partial charge in [-0.1, -0.05) is 26.7 Å². The lowest BCUT2D eigenvalue weighted by Gasteiger charge is -2.07. The summed E-state index contributed by atoms with van der Waals surface area (Å²) in [5.41, 5.74) is 5.10. The Bertz CT molecular complexity index is 126. The van der Waals surface area contributed by atoms with Gasteiger partial charge in [-0.25, -0.2) is 0 Å². The third-order valence-corrected chi connectivity index (χ3v) is 1.89. The van der Waals surface area contributed by atoms with Crippen LogP contribution in [0.4, 0.5) is 0 Å². The van der Waals surface area contributed by atoms with Crippen LogP contribution in [0.15, 0.2) is 0 Å². The summed E-state index contributed by atoms with van der Waals surface area (Å²) < 4.78 is 0. The molecule has 0 aliphatic heterocycles. The van der Waals surface area contributed by atoms with E-state index in [-0.39, 0.29) is 11.8 Å². The van der Waals surface area contributed by atoms with Crippen molar-refractivity contribution in [2.75, 3.05) is 13.1 Å². The van der Waals surface area contributed by atoms with Crippen molar-refractivity contribution < 1.29 is 4.79 Å². The van der Waals surface area contributed by atoms with E-state index in [1.54, 1.807) is 0 Å². The van der Waals surface area contributed by atoms with Crippen molar-refractivity contribution in [3.8, 4) is 0 Å². The highest BCUT2D eigenvalue weighted by Gasteiger charge is 2.06. The molecule has 1 amide bonds. The molecule has 0 aliphatic rings. The Labute approximate surface area is 74.7 Å². The molecule has 0 saturated carbocycles. The van der Waals surface area contributed by atoms with Crippen molar-refractivity contribution >= 4 is 5.91 Å². The van der Waals surface area contributed by atoms with Gasteiger partial charge in [-0.2, -0.15) is 0 Å². The average molecular weight is 172 g/mol. The van der Waals surface area contributed by atoms with Gasteiger partial charge in [0.05, 0.1) is 0 Å². The number of rotatable bonds is 7. The van der Waals surface area contributed by atoms with Crippen molar-refractivity contribution in [3.63, 3.8) is 0 Å². The SMILES string of the molecule is CCCCCNCC(C)C(N)=O. The van der Waals surface area contributed by atoms with Gasteiger partial charge < -0.3 is 11.1 Å². The number of nitrogens with one attached hydrogen (secondary N) is 1. The average Bonchev–Trinajstić information content (AvgIpc) is 2.03. The molecule has 0 aromatic rings. The van der Waals surface area contributed by atoms with Gasteiger partial charge in [0.2, 0.25) is 5.91 Å². The normalized spacial score (nSPS) is 12.8. The first-order valence-electron chi connectivity index (χ1n) is 4.68. The van der Waals surface area contributed by atoms with E-state index in [1.807, 2.05) is 6.92 Å². The standard InChI is InChI=1S/C9H20N2O/c1-3-4-5-6-11-7-8(2)9(10)12/h8,11H,3-7H2,1-2H3,(H2,10,12). The molecule has 0 radical (unpaired) electrons. The van der Waals surface area contributed by atoms with E-state index < -0.39 is 0 Å². The van der Waals surface area contributed by atoms with Crippen LogP contribution in [-0.2, 0) is 4.79 Å². The zero-order chi connectivity index (χ0) is 9.40. The highest BCUT2D eigenvalue weighted by molar-refractivity contribution is 5.76. The highest BCUT2D eigenvalue weighted by Crippen LogP contribution is 1.93. The summed E-state index contributed by atoms with van der Waals surface area (Å²) in [4.78, 5) is 10.6. The van der Waals surface area contributed by atoms with Crippen LogP contribution < -0.4 is 11.1 Å². The van der Waals surface area contributed by atoms with E-state index in [0.29, 0.717) is 6.54 Å². The second-order valence-electron chi connectivity index (χ2n) is 3.21. The topological polar surface area (TPSA) is 55.1 Å². The summed E-state index contributed by atoms with van der Waals surface area (Å²) in [7, 11) is 0. The quantitative estimate of drug-likeness (QED) is 0.560. The summed E-state index contributed by atoms with van der Waals surface area (Å²) in [5.74, 6) is -0.274. The first-order valence-corrected chi connectivity index (χ1v) is 4.68. The van der Waals surface area contributed by atoms with E-state index >= 15 is 0 Å². The Kier molecular flexibility index (Phi) is 6.76. The van der Waals surface area contributed by atoms with Gasteiger partial charge >= 0.3 is 0 Å². The van der Waals surface area contributed by atoms with Crippen molar-refractivity contribution in [1.29, 1.82) is 0 Å². The van der Waals surface area contributed by atoms with Gasteiger partial charge in [0.25, 0.3) is 0 Å². The lowest BCUT2D eigenvalue weighted by atomic mass is 10.1. The molecule has 0 fully saturated rings. The molecule has 1 unspecified atom stereocenters. The number of carbonyl (C=O) groups is 1. The molecule has 1 atom stereocenters. The molecule has 0 aromatic heterocycles. The first-order chi connectivity index (χ1) is 5.68. The molecule has 0 bridgehead atoms. The molecule has 3 nitrogen and oxygen atoms in total. The van der Waals surface area contributed by atoms with Gasteiger partial charge in [-0.3, -0.25) is 4.79 Å². The Morgan fingerprint density at radius 2 is 2.17 bits per heavy atom. The zero-order valence-electron chi connectivity index (χ0n) is 8.10. The van der Waals surface area contributed by atoms with Gasteiger partial charge in [0.1, 0.15) is 0 Å². The second kappa shape index (κ2) is 7.10. The van der Waals surface area contributed by atoms with Crippen molar-refractivity contribution in [2.45, 2.75) is 33.1 Å². The predicted octanol–water partition coefficient (Wildman–Crippen LogP) is 0.888. The third kappa shape index (κ3) is 6.16. The van der Waals surface area contributed by atoms with E-state index in [4.69, 9.17) is 5.73 Å². The van der Waals surface area contributed by atoms with Gasteiger partial charge in [0.15, 0.2) is 0 Å².